The number of benzene rings is 1. The number of aromatic amines is 1. The predicted molar refractivity (Wildman–Crippen MR) is 94.7 cm³/mol. The number of nitrogens with zero attached hydrogens (tertiary/aromatic N) is 3. The molecule has 1 amide bonds. The number of rotatable bonds is 4. The van der Waals surface area contributed by atoms with Crippen molar-refractivity contribution >= 4 is 16.8 Å². The second kappa shape index (κ2) is 6.52. The Hall–Kier alpha value is -3.54. The molecular formula is C19H15N5O. The third-order valence-corrected chi connectivity index (χ3v) is 3.95. The molecule has 0 fully saturated rings. The van der Waals surface area contributed by atoms with E-state index in [9.17, 15) is 4.79 Å². The number of hydrogen-bond donors (Lipinski definition) is 2. The van der Waals surface area contributed by atoms with Crippen molar-refractivity contribution in [3.05, 3.63) is 78.5 Å². The Morgan fingerprint density at radius 3 is 2.60 bits per heavy atom. The van der Waals surface area contributed by atoms with Crippen molar-refractivity contribution in [2.45, 2.75) is 6.54 Å². The van der Waals surface area contributed by atoms with Crippen LogP contribution in [-0.4, -0.2) is 26.1 Å². The SMILES string of the molecule is O=C(NCc1cccnc1)c1n[nH]c2ccc(-c3cccnc3)cc12. The number of carbonyl (C=O) groups excluding carboxylic acids is 1. The van der Waals surface area contributed by atoms with Gasteiger partial charge in [-0.15, -0.1) is 0 Å². The highest BCUT2D eigenvalue weighted by molar-refractivity contribution is 6.05. The number of fused-ring (bicyclic) bond motifs is 1. The first-order valence-electron chi connectivity index (χ1n) is 7.87. The predicted octanol–water partition coefficient (Wildman–Crippen LogP) is 2.95. The molecule has 3 heterocycles. The van der Waals surface area contributed by atoms with Crippen LogP contribution in [0.2, 0.25) is 0 Å². The Labute approximate surface area is 144 Å². The summed E-state index contributed by atoms with van der Waals surface area (Å²) in [5.41, 5.74) is 4.12. The highest BCUT2D eigenvalue weighted by atomic mass is 16.1. The second-order valence-electron chi connectivity index (χ2n) is 5.62. The molecule has 1 aromatic carbocycles. The van der Waals surface area contributed by atoms with Crippen LogP contribution in [0, 0.1) is 0 Å². The summed E-state index contributed by atoms with van der Waals surface area (Å²) in [6.07, 6.45) is 6.95. The highest BCUT2D eigenvalue weighted by Gasteiger charge is 2.14. The molecule has 0 radical (unpaired) electrons. The van der Waals surface area contributed by atoms with Gasteiger partial charge in [-0.05, 0) is 35.4 Å². The van der Waals surface area contributed by atoms with E-state index in [0.717, 1.165) is 27.6 Å². The van der Waals surface area contributed by atoms with Gasteiger partial charge in [0.15, 0.2) is 5.69 Å². The molecule has 0 aliphatic heterocycles. The molecule has 0 saturated carbocycles. The fourth-order valence-electron chi connectivity index (χ4n) is 2.67. The lowest BCUT2D eigenvalue weighted by Crippen LogP contribution is -2.23. The molecule has 4 rings (SSSR count). The summed E-state index contributed by atoms with van der Waals surface area (Å²) >= 11 is 0. The molecule has 0 unspecified atom stereocenters. The van der Waals surface area contributed by atoms with Gasteiger partial charge in [0.1, 0.15) is 0 Å². The lowest BCUT2D eigenvalue weighted by Gasteiger charge is -2.04. The fourth-order valence-corrected chi connectivity index (χ4v) is 2.67. The minimum Gasteiger partial charge on any atom is -0.346 e. The van der Waals surface area contributed by atoms with E-state index < -0.39 is 0 Å². The van der Waals surface area contributed by atoms with E-state index in [4.69, 9.17) is 0 Å². The Morgan fingerprint density at radius 1 is 1.00 bits per heavy atom. The minimum absolute atomic E-state index is 0.224. The summed E-state index contributed by atoms with van der Waals surface area (Å²) in [5.74, 6) is -0.224. The highest BCUT2D eigenvalue weighted by Crippen LogP contribution is 2.24. The molecule has 6 nitrogen and oxygen atoms in total. The summed E-state index contributed by atoms with van der Waals surface area (Å²) in [5, 5.41) is 10.7. The average Bonchev–Trinajstić information content (AvgIpc) is 3.11. The molecule has 6 heteroatoms. The molecule has 0 aliphatic carbocycles. The zero-order valence-electron chi connectivity index (χ0n) is 13.3. The van der Waals surface area contributed by atoms with Gasteiger partial charge >= 0.3 is 0 Å². The third-order valence-electron chi connectivity index (χ3n) is 3.95. The smallest absolute Gasteiger partial charge is 0.272 e. The van der Waals surface area contributed by atoms with Crippen molar-refractivity contribution in [3.63, 3.8) is 0 Å². The second-order valence-corrected chi connectivity index (χ2v) is 5.62. The van der Waals surface area contributed by atoms with E-state index >= 15 is 0 Å². The quantitative estimate of drug-likeness (QED) is 0.603. The van der Waals surface area contributed by atoms with Crippen molar-refractivity contribution < 1.29 is 4.79 Å². The molecule has 3 aromatic heterocycles. The van der Waals surface area contributed by atoms with Crippen LogP contribution < -0.4 is 5.32 Å². The molecular weight excluding hydrogens is 314 g/mol. The van der Waals surface area contributed by atoms with Crippen LogP contribution in [0.5, 0.6) is 0 Å². The van der Waals surface area contributed by atoms with Gasteiger partial charge in [-0.1, -0.05) is 18.2 Å². The van der Waals surface area contributed by atoms with Crippen LogP contribution >= 0.6 is 0 Å². The molecule has 0 aliphatic rings. The van der Waals surface area contributed by atoms with Crippen LogP contribution in [-0.2, 0) is 6.54 Å². The van der Waals surface area contributed by atoms with Crippen LogP contribution in [0.4, 0.5) is 0 Å². The first-order valence-corrected chi connectivity index (χ1v) is 7.87. The Balaban J connectivity index is 1.62. The van der Waals surface area contributed by atoms with Crippen molar-refractivity contribution in [2.24, 2.45) is 0 Å². The Morgan fingerprint density at radius 2 is 1.84 bits per heavy atom. The number of nitrogens with one attached hydrogen (secondary N) is 2. The first kappa shape index (κ1) is 15.0. The standard InChI is InChI=1S/C19H15N5O/c25-19(22-11-13-3-1-7-20-10-13)18-16-9-14(5-6-17(16)23-24-18)15-4-2-8-21-12-15/h1-10,12H,11H2,(H,22,25)(H,23,24). The number of H-pyrrole nitrogens is 1. The zero-order valence-corrected chi connectivity index (χ0v) is 13.3. The van der Waals surface area contributed by atoms with Gasteiger partial charge in [-0.2, -0.15) is 5.10 Å². The summed E-state index contributed by atoms with van der Waals surface area (Å²) in [6, 6.07) is 13.5. The van der Waals surface area contributed by atoms with Crippen molar-refractivity contribution in [2.75, 3.05) is 0 Å². The summed E-state index contributed by atoms with van der Waals surface area (Å²) in [6.45, 7) is 0.406. The van der Waals surface area contributed by atoms with E-state index in [1.54, 1.807) is 24.8 Å². The Kier molecular flexibility index (Phi) is 3.92. The normalized spacial score (nSPS) is 10.7. The van der Waals surface area contributed by atoms with Crippen LogP contribution in [0.1, 0.15) is 16.1 Å². The molecule has 122 valence electrons. The average molecular weight is 329 g/mol. The lowest BCUT2D eigenvalue weighted by atomic mass is 10.0. The van der Waals surface area contributed by atoms with Gasteiger partial charge in [-0.25, -0.2) is 0 Å². The number of pyridine rings is 2. The van der Waals surface area contributed by atoms with E-state index in [2.05, 4.69) is 25.5 Å². The van der Waals surface area contributed by atoms with Gasteiger partial charge in [0.05, 0.1) is 5.52 Å². The van der Waals surface area contributed by atoms with Crippen molar-refractivity contribution in [1.82, 2.24) is 25.5 Å². The topological polar surface area (TPSA) is 83.6 Å². The van der Waals surface area contributed by atoms with Crippen molar-refractivity contribution in [3.8, 4) is 11.1 Å². The van der Waals surface area contributed by atoms with Gasteiger partial charge in [0.25, 0.3) is 5.91 Å². The van der Waals surface area contributed by atoms with Crippen molar-refractivity contribution in [1.29, 1.82) is 0 Å². The number of carbonyl (C=O) groups is 1. The van der Waals surface area contributed by atoms with E-state index in [-0.39, 0.29) is 5.91 Å². The monoisotopic (exact) mass is 329 g/mol. The maximum absolute atomic E-state index is 12.5. The summed E-state index contributed by atoms with van der Waals surface area (Å²) in [4.78, 5) is 20.7. The molecule has 0 saturated heterocycles. The number of hydrogen-bond acceptors (Lipinski definition) is 4. The molecule has 0 atom stereocenters. The maximum Gasteiger partial charge on any atom is 0.272 e. The molecule has 2 N–H and O–H groups in total. The largest absolute Gasteiger partial charge is 0.346 e. The van der Waals surface area contributed by atoms with Gasteiger partial charge < -0.3 is 5.32 Å². The number of aromatic nitrogens is 4. The summed E-state index contributed by atoms with van der Waals surface area (Å²) < 4.78 is 0. The zero-order chi connectivity index (χ0) is 17.1. The Bertz CT molecular complexity index is 1010. The lowest BCUT2D eigenvalue weighted by molar-refractivity contribution is 0.0947. The third kappa shape index (κ3) is 3.10. The molecule has 4 aromatic rings. The van der Waals surface area contributed by atoms with E-state index in [1.165, 1.54) is 0 Å². The van der Waals surface area contributed by atoms with Gasteiger partial charge in [0.2, 0.25) is 0 Å². The minimum atomic E-state index is -0.224. The molecule has 0 bridgehead atoms. The first-order chi connectivity index (χ1) is 12.3. The van der Waals surface area contributed by atoms with Gasteiger partial charge in [-0.3, -0.25) is 19.9 Å². The summed E-state index contributed by atoms with van der Waals surface area (Å²) in [7, 11) is 0. The van der Waals surface area contributed by atoms with Gasteiger partial charge in [0, 0.05) is 42.3 Å². The molecule has 25 heavy (non-hydrogen) atoms. The fraction of sp³-hybridized carbons (Fsp3) is 0.0526. The maximum atomic E-state index is 12.5. The number of amides is 1. The van der Waals surface area contributed by atoms with E-state index in [0.29, 0.717) is 12.2 Å². The van der Waals surface area contributed by atoms with Crippen LogP contribution in [0.15, 0.2) is 67.3 Å². The van der Waals surface area contributed by atoms with Crippen LogP contribution in [0.25, 0.3) is 22.0 Å². The van der Waals surface area contributed by atoms with Crippen LogP contribution in [0.3, 0.4) is 0 Å². The van der Waals surface area contributed by atoms with E-state index in [1.807, 2.05) is 42.5 Å². The molecule has 0 spiro atoms.